The third kappa shape index (κ3) is 2.75. The normalized spacial score (nSPS) is 16.5. The quantitative estimate of drug-likeness (QED) is 0.851. The van der Waals surface area contributed by atoms with E-state index in [9.17, 15) is 9.59 Å². The highest BCUT2D eigenvalue weighted by molar-refractivity contribution is 6.04. The van der Waals surface area contributed by atoms with Gasteiger partial charge in [-0.25, -0.2) is 4.79 Å². The number of nitrogens with one attached hydrogen (secondary N) is 1. The monoisotopic (exact) mass is 262 g/mol. The fourth-order valence-electron chi connectivity index (χ4n) is 2.46. The minimum Gasteiger partial charge on any atom is -0.478 e. The summed E-state index contributed by atoms with van der Waals surface area (Å²) in [4.78, 5) is 26.8. The van der Waals surface area contributed by atoms with Crippen LogP contribution in [-0.2, 0) is 0 Å². The molecule has 1 aliphatic rings. The summed E-state index contributed by atoms with van der Waals surface area (Å²) < 4.78 is 0. The van der Waals surface area contributed by atoms with Crippen molar-refractivity contribution in [2.75, 3.05) is 6.54 Å². The molecule has 5 heteroatoms. The zero-order valence-corrected chi connectivity index (χ0v) is 11.0. The van der Waals surface area contributed by atoms with Crippen LogP contribution >= 0.6 is 0 Å². The van der Waals surface area contributed by atoms with E-state index in [0.717, 1.165) is 19.3 Å². The van der Waals surface area contributed by atoms with Gasteiger partial charge in [0.25, 0.3) is 5.91 Å². The molecule has 0 spiro atoms. The van der Waals surface area contributed by atoms with Gasteiger partial charge in [-0.2, -0.15) is 0 Å². The molecule has 1 saturated carbocycles. The van der Waals surface area contributed by atoms with Crippen molar-refractivity contribution < 1.29 is 14.7 Å². The van der Waals surface area contributed by atoms with E-state index in [1.165, 1.54) is 24.9 Å². The van der Waals surface area contributed by atoms with E-state index in [2.05, 4.69) is 17.2 Å². The maximum Gasteiger partial charge on any atom is 0.338 e. The van der Waals surface area contributed by atoms with Crippen molar-refractivity contribution in [3.63, 3.8) is 0 Å². The first-order chi connectivity index (χ1) is 9.08. The number of pyridine rings is 1. The zero-order chi connectivity index (χ0) is 13.9. The number of carbonyl (C=O) groups excluding carboxylic acids is 1. The van der Waals surface area contributed by atoms with E-state index in [0.29, 0.717) is 6.54 Å². The van der Waals surface area contributed by atoms with E-state index in [1.54, 1.807) is 0 Å². The lowest BCUT2D eigenvalue weighted by molar-refractivity contribution is 0.0688. The lowest BCUT2D eigenvalue weighted by atomic mass is 9.67. The van der Waals surface area contributed by atoms with Crippen LogP contribution in [0, 0.1) is 5.41 Å². The van der Waals surface area contributed by atoms with Crippen LogP contribution in [0.2, 0.25) is 0 Å². The molecule has 19 heavy (non-hydrogen) atoms. The van der Waals surface area contributed by atoms with Crippen molar-refractivity contribution in [2.45, 2.75) is 32.6 Å². The minimum atomic E-state index is -1.13. The number of hydrogen-bond acceptors (Lipinski definition) is 3. The topological polar surface area (TPSA) is 79.3 Å². The molecule has 1 fully saturated rings. The first-order valence-electron chi connectivity index (χ1n) is 6.53. The summed E-state index contributed by atoms with van der Waals surface area (Å²) in [7, 11) is 0. The number of carbonyl (C=O) groups is 2. The lowest BCUT2D eigenvalue weighted by Gasteiger charge is -2.41. The smallest absolute Gasteiger partial charge is 0.338 e. The third-order valence-corrected chi connectivity index (χ3v) is 4.08. The van der Waals surface area contributed by atoms with Gasteiger partial charge in [0.2, 0.25) is 0 Å². The SMILES string of the molecule is CCC1(CNC(=O)c2ccncc2C(=O)O)CCC1. The number of nitrogens with zero attached hydrogens (tertiary/aromatic N) is 1. The lowest BCUT2D eigenvalue weighted by Crippen LogP contribution is -2.42. The molecule has 0 aromatic carbocycles. The first kappa shape index (κ1) is 13.5. The van der Waals surface area contributed by atoms with Crippen molar-refractivity contribution in [1.82, 2.24) is 10.3 Å². The van der Waals surface area contributed by atoms with Gasteiger partial charge in [0.1, 0.15) is 0 Å². The second-order valence-electron chi connectivity index (χ2n) is 5.12. The van der Waals surface area contributed by atoms with Crippen molar-refractivity contribution >= 4 is 11.9 Å². The fraction of sp³-hybridized carbons (Fsp3) is 0.500. The standard InChI is InChI=1S/C14H18N2O3/c1-2-14(5-3-6-14)9-16-12(17)10-4-7-15-8-11(10)13(18)19/h4,7-8H,2-3,5-6,9H2,1H3,(H,16,17)(H,18,19). The van der Waals surface area contributed by atoms with Crippen LogP contribution in [-0.4, -0.2) is 28.5 Å². The molecule has 1 aromatic heterocycles. The second kappa shape index (κ2) is 5.38. The Morgan fingerprint density at radius 2 is 2.16 bits per heavy atom. The number of carboxylic acid groups (broad SMARTS) is 1. The average molecular weight is 262 g/mol. The predicted octanol–water partition coefficient (Wildman–Crippen LogP) is 2.09. The molecule has 1 aromatic rings. The van der Waals surface area contributed by atoms with Crippen molar-refractivity contribution in [2.24, 2.45) is 5.41 Å². The number of amides is 1. The van der Waals surface area contributed by atoms with Gasteiger partial charge in [-0.05, 0) is 30.7 Å². The molecule has 1 amide bonds. The summed E-state index contributed by atoms with van der Waals surface area (Å²) in [5.41, 5.74) is 0.332. The Morgan fingerprint density at radius 3 is 2.68 bits per heavy atom. The second-order valence-corrected chi connectivity index (χ2v) is 5.12. The highest BCUT2D eigenvalue weighted by atomic mass is 16.4. The minimum absolute atomic E-state index is 0.0563. The number of hydrogen-bond donors (Lipinski definition) is 2. The first-order valence-corrected chi connectivity index (χ1v) is 6.53. The molecule has 0 aliphatic heterocycles. The third-order valence-electron chi connectivity index (χ3n) is 4.08. The Kier molecular flexibility index (Phi) is 3.83. The van der Waals surface area contributed by atoms with Crippen molar-refractivity contribution in [3.05, 3.63) is 29.6 Å². The van der Waals surface area contributed by atoms with Crippen LogP contribution in [0.4, 0.5) is 0 Å². The van der Waals surface area contributed by atoms with Crippen LogP contribution < -0.4 is 5.32 Å². The van der Waals surface area contributed by atoms with Crippen LogP contribution in [0.3, 0.4) is 0 Å². The molecular weight excluding hydrogens is 244 g/mol. The molecule has 1 aliphatic carbocycles. The Morgan fingerprint density at radius 1 is 1.42 bits per heavy atom. The number of rotatable bonds is 5. The molecule has 0 bridgehead atoms. The van der Waals surface area contributed by atoms with E-state index in [4.69, 9.17) is 5.11 Å². The van der Waals surface area contributed by atoms with E-state index in [1.807, 2.05) is 0 Å². The van der Waals surface area contributed by atoms with Crippen LogP contribution in [0.15, 0.2) is 18.5 Å². The van der Waals surface area contributed by atoms with Crippen LogP contribution in [0.25, 0.3) is 0 Å². The molecule has 0 atom stereocenters. The van der Waals surface area contributed by atoms with E-state index >= 15 is 0 Å². The summed E-state index contributed by atoms with van der Waals surface area (Å²) in [6.45, 7) is 2.74. The van der Waals surface area contributed by atoms with Gasteiger partial charge in [0.05, 0.1) is 11.1 Å². The summed E-state index contributed by atoms with van der Waals surface area (Å²) >= 11 is 0. The number of carboxylic acids is 1. The molecule has 5 nitrogen and oxygen atoms in total. The number of aromatic nitrogens is 1. The number of aromatic carboxylic acids is 1. The molecule has 2 N–H and O–H groups in total. The highest BCUT2D eigenvalue weighted by Gasteiger charge is 2.35. The van der Waals surface area contributed by atoms with Crippen molar-refractivity contribution in [3.8, 4) is 0 Å². The highest BCUT2D eigenvalue weighted by Crippen LogP contribution is 2.43. The molecule has 1 heterocycles. The Labute approximate surface area is 112 Å². The molecule has 0 radical (unpaired) electrons. The predicted molar refractivity (Wildman–Crippen MR) is 70.1 cm³/mol. The van der Waals surface area contributed by atoms with E-state index < -0.39 is 5.97 Å². The van der Waals surface area contributed by atoms with Gasteiger partial charge in [-0.1, -0.05) is 13.3 Å². The van der Waals surface area contributed by atoms with Gasteiger partial charge in [-0.15, -0.1) is 0 Å². The van der Waals surface area contributed by atoms with Crippen molar-refractivity contribution in [1.29, 1.82) is 0 Å². The van der Waals surface area contributed by atoms with Gasteiger partial charge >= 0.3 is 5.97 Å². The molecule has 102 valence electrons. The molecule has 0 unspecified atom stereocenters. The summed E-state index contributed by atoms with van der Waals surface area (Å²) in [5.74, 6) is -1.47. The van der Waals surface area contributed by atoms with Gasteiger partial charge in [0.15, 0.2) is 0 Å². The molecular formula is C14H18N2O3. The molecule has 0 saturated heterocycles. The van der Waals surface area contributed by atoms with Gasteiger partial charge in [-0.3, -0.25) is 9.78 Å². The molecule has 2 rings (SSSR count). The summed E-state index contributed by atoms with van der Waals surface area (Å²) in [5, 5.41) is 11.9. The van der Waals surface area contributed by atoms with Gasteiger partial charge in [0, 0.05) is 18.9 Å². The maximum atomic E-state index is 12.1. The Balaban J connectivity index is 2.06. The largest absolute Gasteiger partial charge is 0.478 e. The zero-order valence-electron chi connectivity index (χ0n) is 11.0. The summed E-state index contributed by atoms with van der Waals surface area (Å²) in [6.07, 6.45) is 7.14. The van der Waals surface area contributed by atoms with Crippen LogP contribution in [0.1, 0.15) is 53.3 Å². The Bertz CT molecular complexity index is 490. The average Bonchev–Trinajstić information content (AvgIpc) is 2.37. The fourth-order valence-corrected chi connectivity index (χ4v) is 2.46. The van der Waals surface area contributed by atoms with E-state index in [-0.39, 0.29) is 22.4 Å². The summed E-state index contributed by atoms with van der Waals surface area (Å²) in [6, 6.07) is 1.44. The van der Waals surface area contributed by atoms with Gasteiger partial charge < -0.3 is 10.4 Å². The van der Waals surface area contributed by atoms with Crippen LogP contribution in [0.5, 0.6) is 0 Å². The Hall–Kier alpha value is -1.91. The maximum absolute atomic E-state index is 12.1.